The summed E-state index contributed by atoms with van der Waals surface area (Å²) in [5.41, 5.74) is 8.56. The van der Waals surface area contributed by atoms with Gasteiger partial charge in [0, 0.05) is 0 Å². The predicted octanol–water partition coefficient (Wildman–Crippen LogP) is 4.13. The maximum Gasteiger partial charge on any atom is -0.00169 e. The molecule has 3 rings (SSSR count). The van der Waals surface area contributed by atoms with Gasteiger partial charge in [-0.25, -0.2) is 0 Å². The van der Waals surface area contributed by atoms with E-state index >= 15 is 0 Å². The van der Waals surface area contributed by atoms with Crippen LogP contribution in [0.5, 0.6) is 0 Å². The molecule has 0 atom stereocenters. The second kappa shape index (κ2) is 6.28. The first-order valence-corrected chi connectivity index (χ1v) is 7.82. The molecule has 1 aliphatic rings. The van der Waals surface area contributed by atoms with Gasteiger partial charge in [-0.15, -0.1) is 0 Å². The van der Waals surface area contributed by atoms with Crippen molar-refractivity contribution in [2.45, 2.75) is 26.2 Å². The summed E-state index contributed by atoms with van der Waals surface area (Å²) in [5.74, 6) is 0. The number of rotatable bonds is 3. The molecule has 0 aromatic heterocycles. The molecule has 21 heavy (non-hydrogen) atoms. The van der Waals surface area contributed by atoms with Gasteiger partial charge in [0.05, 0.1) is 0 Å². The molecule has 2 aromatic rings. The lowest BCUT2D eigenvalue weighted by molar-refractivity contribution is 0.808. The van der Waals surface area contributed by atoms with Crippen LogP contribution < -0.4 is 5.32 Å². The number of benzene rings is 2. The molecule has 0 fully saturated rings. The molecule has 1 N–H and O–H groups in total. The molecule has 0 bridgehead atoms. The van der Waals surface area contributed by atoms with Crippen molar-refractivity contribution >= 4 is 5.57 Å². The lowest BCUT2D eigenvalue weighted by Crippen LogP contribution is -2.06. The minimum Gasteiger partial charge on any atom is -0.319 e. The zero-order valence-corrected chi connectivity index (χ0v) is 12.9. The van der Waals surface area contributed by atoms with E-state index < -0.39 is 0 Å². The van der Waals surface area contributed by atoms with Crippen LogP contribution in [-0.4, -0.2) is 13.6 Å². The Balaban J connectivity index is 2.13. The van der Waals surface area contributed by atoms with Crippen molar-refractivity contribution in [3.05, 3.63) is 76.4 Å². The number of hydrogen-bond acceptors (Lipinski definition) is 1. The molecule has 1 nitrogen and oxygen atoms in total. The van der Waals surface area contributed by atoms with Crippen molar-refractivity contribution < 1.29 is 0 Å². The fourth-order valence-electron chi connectivity index (χ4n) is 3.19. The van der Waals surface area contributed by atoms with Gasteiger partial charge in [-0.3, -0.25) is 0 Å². The van der Waals surface area contributed by atoms with E-state index in [-0.39, 0.29) is 0 Å². The van der Waals surface area contributed by atoms with Crippen LogP contribution in [0.1, 0.15) is 34.2 Å². The summed E-state index contributed by atoms with van der Waals surface area (Å²) in [6.45, 7) is 3.20. The van der Waals surface area contributed by atoms with Gasteiger partial charge >= 0.3 is 0 Å². The van der Waals surface area contributed by atoms with Crippen LogP contribution in [0.4, 0.5) is 0 Å². The van der Waals surface area contributed by atoms with Crippen molar-refractivity contribution in [2.75, 3.05) is 13.6 Å². The zero-order valence-electron chi connectivity index (χ0n) is 12.9. The highest BCUT2D eigenvalue weighted by Gasteiger charge is 2.17. The van der Waals surface area contributed by atoms with E-state index in [0.717, 1.165) is 25.8 Å². The molecule has 108 valence electrons. The number of aryl methyl sites for hydroxylation is 3. The quantitative estimate of drug-likeness (QED) is 0.832. The Hall–Kier alpha value is -1.86. The zero-order chi connectivity index (χ0) is 14.7. The molecule has 0 spiro atoms. The average Bonchev–Trinajstić information content (AvgIpc) is 2.65. The molecule has 0 heterocycles. The Bertz CT molecular complexity index is 667. The van der Waals surface area contributed by atoms with Crippen LogP contribution in [0.3, 0.4) is 0 Å². The number of nitrogens with one attached hydrogen (secondary N) is 1. The van der Waals surface area contributed by atoms with Gasteiger partial charge in [0.25, 0.3) is 0 Å². The van der Waals surface area contributed by atoms with Crippen molar-refractivity contribution in [1.82, 2.24) is 5.32 Å². The largest absolute Gasteiger partial charge is 0.319 e. The third-order valence-electron chi connectivity index (χ3n) is 4.26. The van der Waals surface area contributed by atoms with E-state index in [1.807, 2.05) is 7.05 Å². The Morgan fingerprint density at radius 3 is 2.62 bits per heavy atom. The maximum atomic E-state index is 3.24. The molecular formula is C20H23N. The fourth-order valence-corrected chi connectivity index (χ4v) is 3.19. The van der Waals surface area contributed by atoms with Gasteiger partial charge in [0.15, 0.2) is 0 Å². The summed E-state index contributed by atoms with van der Waals surface area (Å²) < 4.78 is 0. The van der Waals surface area contributed by atoms with Crippen molar-refractivity contribution in [1.29, 1.82) is 0 Å². The van der Waals surface area contributed by atoms with Crippen LogP contribution in [0.2, 0.25) is 0 Å². The lowest BCUT2D eigenvalue weighted by atomic mass is 9.92. The molecule has 1 aliphatic carbocycles. The minimum absolute atomic E-state index is 1.02. The molecule has 0 amide bonds. The van der Waals surface area contributed by atoms with Crippen LogP contribution in [0, 0.1) is 6.92 Å². The maximum absolute atomic E-state index is 3.24. The molecular weight excluding hydrogens is 254 g/mol. The van der Waals surface area contributed by atoms with E-state index in [0.29, 0.717) is 0 Å². The fraction of sp³-hybridized carbons (Fsp3) is 0.300. The first-order chi connectivity index (χ1) is 10.3. The summed E-state index contributed by atoms with van der Waals surface area (Å²) in [6, 6.07) is 15.8. The molecule has 0 saturated heterocycles. The SMILES string of the molecule is CNCC/C=C1/c2ccccc2CCc2cc(C)ccc21. The van der Waals surface area contributed by atoms with E-state index in [1.165, 1.54) is 33.4 Å². The van der Waals surface area contributed by atoms with Crippen LogP contribution in [0.15, 0.2) is 48.5 Å². The topological polar surface area (TPSA) is 12.0 Å². The lowest BCUT2D eigenvalue weighted by Gasteiger charge is -2.12. The van der Waals surface area contributed by atoms with E-state index in [4.69, 9.17) is 0 Å². The first-order valence-electron chi connectivity index (χ1n) is 7.82. The highest BCUT2D eigenvalue weighted by atomic mass is 14.8. The van der Waals surface area contributed by atoms with Crippen LogP contribution in [-0.2, 0) is 12.8 Å². The Labute approximate surface area is 127 Å². The third kappa shape index (κ3) is 2.93. The number of fused-ring (bicyclic) bond motifs is 2. The average molecular weight is 277 g/mol. The summed E-state index contributed by atoms with van der Waals surface area (Å²) >= 11 is 0. The van der Waals surface area contributed by atoms with Gasteiger partial charge in [-0.2, -0.15) is 0 Å². The molecule has 0 aliphatic heterocycles. The van der Waals surface area contributed by atoms with Gasteiger partial charge in [-0.05, 0) is 67.6 Å². The molecule has 2 aromatic carbocycles. The Morgan fingerprint density at radius 1 is 1.00 bits per heavy atom. The molecule has 1 heteroatoms. The van der Waals surface area contributed by atoms with Crippen LogP contribution >= 0.6 is 0 Å². The smallest absolute Gasteiger partial charge is 0.00169 e. The third-order valence-corrected chi connectivity index (χ3v) is 4.26. The van der Waals surface area contributed by atoms with Gasteiger partial charge < -0.3 is 5.32 Å². The minimum atomic E-state index is 1.02. The van der Waals surface area contributed by atoms with E-state index in [1.54, 1.807) is 0 Å². The normalized spacial score (nSPS) is 15.4. The molecule has 0 unspecified atom stereocenters. The van der Waals surface area contributed by atoms with Gasteiger partial charge in [0.2, 0.25) is 0 Å². The van der Waals surface area contributed by atoms with E-state index in [2.05, 4.69) is 60.8 Å². The second-order valence-corrected chi connectivity index (χ2v) is 5.83. The van der Waals surface area contributed by atoms with Crippen LogP contribution in [0.25, 0.3) is 5.57 Å². The van der Waals surface area contributed by atoms with E-state index in [9.17, 15) is 0 Å². The van der Waals surface area contributed by atoms with Crippen molar-refractivity contribution in [2.24, 2.45) is 0 Å². The summed E-state index contributed by atoms with van der Waals surface area (Å²) in [5, 5.41) is 3.24. The summed E-state index contributed by atoms with van der Waals surface area (Å²) in [4.78, 5) is 0. The highest BCUT2D eigenvalue weighted by Crippen LogP contribution is 2.34. The summed E-state index contributed by atoms with van der Waals surface area (Å²) in [7, 11) is 2.01. The van der Waals surface area contributed by atoms with Gasteiger partial charge in [0.1, 0.15) is 0 Å². The van der Waals surface area contributed by atoms with Gasteiger partial charge in [-0.1, -0.05) is 54.1 Å². The van der Waals surface area contributed by atoms with Crippen molar-refractivity contribution in [3.8, 4) is 0 Å². The first kappa shape index (κ1) is 14.1. The van der Waals surface area contributed by atoms with Crippen molar-refractivity contribution in [3.63, 3.8) is 0 Å². The predicted molar refractivity (Wildman–Crippen MR) is 90.7 cm³/mol. The molecule has 0 radical (unpaired) electrons. The Kier molecular flexibility index (Phi) is 4.21. The monoisotopic (exact) mass is 277 g/mol. The molecule has 0 saturated carbocycles. The highest BCUT2D eigenvalue weighted by molar-refractivity contribution is 5.84. The Morgan fingerprint density at radius 2 is 1.76 bits per heavy atom. The second-order valence-electron chi connectivity index (χ2n) is 5.83. The summed E-state index contributed by atoms with van der Waals surface area (Å²) in [6.07, 6.45) is 5.73. The standard InChI is InChI=1S/C20H23N/c1-15-9-12-19-17(14-15)11-10-16-6-3-4-7-18(16)20(19)8-5-13-21-2/h3-4,6-9,12,14,21H,5,10-11,13H2,1-2H3/b20-8-. The number of hydrogen-bond donors (Lipinski definition) is 1.